The first-order valence-electron chi connectivity index (χ1n) is 5.16. The molecular formula is C9H15N3O5. The number of rotatable bonds is 3. The lowest BCUT2D eigenvalue weighted by Gasteiger charge is -2.15. The van der Waals surface area contributed by atoms with Crippen LogP contribution in [0.3, 0.4) is 0 Å². The Labute approximate surface area is 96.0 Å². The zero-order valence-corrected chi connectivity index (χ0v) is 9.82. The summed E-state index contributed by atoms with van der Waals surface area (Å²) in [4.78, 5) is 35.2. The lowest BCUT2D eigenvalue weighted by molar-refractivity contribution is 0.0809. The summed E-state index contributed by atoms with van der Waals surface area (Å²) in [6.07, 6.45) is -2.75. The van der Waals surface area contributed by atoms with Gasteiger partial charge in [-0.2, -0.15) is 0 Å². The van der Waals surface area contributed by atoms with E-state index in [9.17, 15) is 24.6 Å². The van der Waals surface area contributed by atoms with Gasteiger partial charge in [-0.05, 0) is 20.8 Å². The van der Waals surface area contributed by atoms with Crippen molar-refractivity contribution in [3.05, 3.63) is 31.5 Å². The summed E-state index contributed by atoms with van der Waals surface area (Å²) in [7, 11) is 0. The number of nitrogens with zero attached hydrogens (tertiary/aromatic N) is 3. The van der Waals surface area contributed by atoms with E-state index in [0.717, 1.165) is 4.57 Å². The first-order chi connectivity index (χ1) is 7.82. The van der Waals surface area contributed by atoms with Gasteiger partial charge in [-0.15, -0.1) is 0 Å². The van der Waals surface area contributed by atoms with Crippen molar-refractivity contribution < 1.29 is 10.2 Å². The van der Waals surface area contributed by atoms with Crippen molar-refractivity contribution >= 4 is 0 Å². The van der Waals surface area contributed by atoms with Crippen LogP contribution < -0.4 is 17.1 Å². The van der Waals surface area contributed by atoms with Crippen molar-refractivity contribution in [3.8, 4) is 0 Å². The highest BCUT2D eigenvalue weighted by Gasteiger charge is 2.19. The largest absolute Gasteiger partial charge is 0.373 e. The number of aliphatic hydroxyl groups excluding tert-OH is 2. The summed E-state index contributed by atoms with van der Waals surface area (Å²) >= 11 is 0. The Hall–Kier alpha value is -1.67. The molecule has 2 unspecified atom stereocenters. The summed E-state index contributed by atoms with van der Waals surface area (Å²) < 4.78 is 1.79. The minimum absolute atomic E-state index is 0.0391. The van der Waals surface area contributed by atoms with Crippen LogP contribution in [0.1, 0.15) is 33.2 Å². The maximum absolute atomic E-state index is 11.8. The average molecular weight is 245 g/mol. The van der Waals surface area contributed by atoms with E-state index in [2.05, 4.69) is 0 Å². The van der Waals surface area contributed by atoms with Crippen molar-refractivity contribution in [2.45, 2.75) is 39.8 Å². The second-order valence-electron chi connectivity index (χ2n) is 3.60. The molecule has 0 aliphatic heterocycles. The Bertz CT molecular complexity index is 532. The molecule has 8 heteroatoms. The molecule has 0 saturated heterocycles. The molecule has 1 heterocycles. The zero-order chi connectivity index (χ0) is 13.3. The van der Waals surface area contributed by atoms with Gasteiger partial charge in [0.15, 0.2) is 0 Å². The smallest absolute Gasteiger partial charge is 0.340 e. The monoisotopic (exact) mass is 245 g/mol. The Morgan fingerprint density at radius 3 is 1.53 bits per heavy atom. The summed E-state index contributed by atoms with van der Waals surface area (Å²) in [5.41, 5.74) is -2.82. The summed E-state index contributed by atoms with van der Waals surface area (Å²) in [6, 6.07) is 0. The lowest BCUT2D eigenvalue weighted by Crippen LogP contribution is -2.55. The van der Waals surface area contributed by atoms with Crippen molar-refractivity contribution in [2.75, 3.05) is 0 Å². The molecule has 2 N–H and O–H groups in total. The second kappa shape index (κ2) is 4.68. The van der Waals surface area contributed by atoms with Gasteiger partial charge < -0.3 is 10.2 Å². The topological polar surface area (TPSA) is 106 Å². The van der Waals surface area contributed by atoms with E-state index >= 15 is 0 Å². The molecule has 0 bridgehead atoms. The molecule has 8 nitrogen and oxygen atoms in total. The van der Waals surface area contributed by atoms with E-state index in [1.54, 1.807) is 6.92 Å². The van der Waals surface area contributed by atoms with Crippen LogP contribution in [0.2, 0.25) is 0 Å². The predicted molar refractivity (Wildman–Crippen MR) is 58.8 cm³/mol. The number of aromatic nitrogens is 3. The molecule has 17 heavy (non-hydrogen) atoms. The average Bonchev–Trinajstić information content (AvgIpc) is 2.16. The van der Waals surface area contributed by atoms with Crippen LogP contribution >= 0.6 is 0 Å². The molecule has 0 spiro atoms. The molecule has 1 rings (SSSR count). The highest BCUT2D eigenvalue weighted by atomic mass is 16.3. The van der Waals surface area contributed by atoms with E-state index < -0.39 is 29.5 Å². The number of hydrogen-bond donors (Lipinski definition) is 2. The third-order valence-corrected chi connectivity index (χ3v) is 2.35. The van der Waals surface area contributed by atoms with E-state index in [1.165, 1.54) is 13.8 Å². The van der Waals surface area contributed by atoms with Crippen LogP contribution in [-0.2, 0) is 6.54 Å². The molecule has 0 saturated carbocycles. The molecule has 1 aromatic heterocycles. The van der Waals surface area contributed by atoms with E-state index in [1.807, 2.05) is 0 Å². The van der Waals surface area contributed by atoms with Crippen LogP contribution in [0.15, 0.2) is 14.4 Å². The predicted octanol–water partition coefficient (Wildman–Crippen LogP) is -1.79. The van der Waals surface area contributed by atoms with E-state index in [0.29, 0.717) is 9.13 Å². The Balaban J connectivity index is 3.91. The van der Waals surface area contributed by atoms with Crippen molar-refractivity contribution in [1.82, 2.24) is 13.7 Å². The zero-order valence-electron chi connectivity index (χ0n) is 9.82. The van der Waals surface area contributed by atoms with Crippen LogP contribution in [0, 0.1) is 0 Å². The van der Waals surface area contributed by atoms with E-state index in [-0.39, 0.29) is 6.54 Å². The van der Waals surface area contributed by atoms with Gasteiger partial charge in [0.1, 0.15) is 12.5 Å². The van der Waals surface area contributed by atoms with Crippen molar-refractivity contribution in [2.24, 2.45) is 0 Å². The Morgan fingerprint density at radius 2 is 1.29 bits per heavy atom. The van der Waals surface area contributed by atoms with Crippen molar-refractivity contribution in [1.29, 1.82) is 0 Å². The molecule has 0 aliphatic rings. The van der Waals surface area contributed by atoms with Gasteiger partial charge >= 0.3 is 17.1 Å². The van der Waals surface area contributed by atoms with E-state index in [4.69, 9.17) is 0 Å². The number of aliphatic hydroxyl groups is 2. The fourth-order valence-electron chi connectivity index (χ4n) is 1.53. The molecule has 96 valence electrons. The molecule has 0 aliphatic carbocycles. The van der Waals surface area contributed by atoms with Gasteiger partial charge in [-0.3, -0.25) is 0 Å². The highest BCUT2D eigenvalue weighted by molar-refractivity contribution is 4.80. The van der Waals surface area contributed by atoms with Gasteiger partial charge in [0, 0.05) is 6.54 Å². The van der Waals surface area contributed by atoms with Crippen molar-refractivity contribution in [3.63, 3.8) is 0 Å². The van der Waals surface area contributed by atoms with Gasteiger partial charge in [0.2, 0.25) is 0 Å². The standard InChI is InChI=1S/C9H15N3O5/c1-4-10-7(15)11(5(2)13)9(17)12(6(3)14)8(10)16/h5-6,13-14H,4H2,1-3H3. The SMILES string of the molecule is CCn1c(=O)n(C(C)O)c(=O)n(C(C)O)c1=O. The fraction of sp³-hybridized carbons (Fsp3) is 0.667. The van der Waals surface area contributed by atoms with Gasteiger partial charge in [-0.1, -0.05) is 0 Å². The summed E-state index contributed by atoms with van der Waals surface area (Å²) in [5.74, 6) is 0. The Kier molecular flexibility index (Phi) is 3.69. The van der Waals surface area contributed by atoms with Crippen LogP contribution in [0.4, 0.5) is 0 Å². The molecule has 0 amide bonds. The highest BCUT2D eigenvalue weighted by Crippen LogP contribution is 1.93. The molecule has 0 aromatic carbocycles. The molecule has 0 fully saturated rings. The maximum atomic E-state index is 11.8. The van der Waals surface area contributed by atoms with Crippen LogP contribution in [0.25, 0.3) is 0 Å². The molecule has 0 radical (unpaired) electrons. The maximum Gasteiger partial charge on any atom is 0.340 e. The van der Waals surface area contributed by atoms with Gasteiger partial charge in [-0.25, -0.2) is 28.1 Å². The fourth-order valence-corrected chi connectivity index (χ4v) is 1.53. The molecular weight excluding hydrogens is 230 g/mol. The van der Waals surface area contributed by atoms with Gasteiger partial charge in [0.05, 0.1) is 0 Å². The third kappa shape index (κ3) is 2.08. The first-order valence-corrected chi connectivity index (χ1v) is 5.16. The van der Waals surface area contributed by atoms with Crippen LogP contribution in [0.5, 0.6) is 0 Å². The first kappa shape index (κ1) is 13.4. The van der Waals surface area contributed by atoms with Crippen LogP contribution in [-0.4, -0.2) is 23.9 Å². The third-order valence-electron chi connectivity index (χ3n) is 2.35. The lowest BCUT2D eigenvalue weighted by atomic mass is 10.5. The Morgan fingerprint density at radius 1 is 0.941 bits per heavy atom. The van der Waals surface area contributed by atoms with Gasteiger partial charge in [0.25, 0.3) is 0 Å². The summed E-state index contributed by atoms with van der Waals surface area (Å²) in [5, 5.41) is 18.7. The second-order valence-corrected chi connectivity index (χ2v) is 3.60. The minimum Gasteiger partial charge on any atom is -0.373 e. The summed E-state index contributed by atoms with van der Waals surface area (Å²) in [6.45, 7) is 4.03. The quantitative estimate of drug-likeness (QED) is 0.654. The number of hydrogen-bond acceptors (Lipinski definition) is 5. The normalized spacial score (nSPS) is 14.6. The molecule has 1 aromatic rings. The molecule has 2 atom stereocenters. The minimum atomic E-state index is -1.38.